The zero-order valence-electron chi connectivity index (χ0n) is 10.2. The van der Waals surface area contributed by atoms with E-state index in [1.165, 1.54) is 14.2 Å². The highest BCUT2D eigenvalue weighted by atomic mass is 79.9. The Morgan fingerprint density at radius 2 is 1.30 bits per heavy atom. The first-order valence-electron chi connectivity index (χ1n) is 5.54. The largest absolute Gasteiger partial charge is 0.393 e. The molecule has 1 aliphatic heterocycles. The third-order valence-corrected chi connectivity index (χ3v) is 10.7. The van der Waals surface area contributed by atoms with Gasteiger partial charge in [0.1, 0.15) is 8.65 Å². The van der Waals surface area contributed by atoms with Crippen LogP contribution < -0.4 is 0 Å². The second-order valence-electron chi connectivity index (χ2n) is 4.77. The lowest BCUT2D eigenvalue weighted by Gasteiger charge is -2.42. The van der Waals surface area contributed by atoms with Crippen LogP contribution in [0.1, 0.15) is 0 Å². The van der Waals surface area contributed by atoms with Crippen LogP contribution in [-0.4, -0.2) is 40.6 Å². The van der Waals surface area contributed by atoms with Crippen molar-refractivity contribution in [1.82, 2.24) is 0 Å². The number of hydrogen-bond donors (Lipinski definition) is 0. The molecule has 1 saturated heterocycles. The van der Waals surface area contributed by atoms with Crippen molar-refractivity contribution in [3.05, 3.63) is 8.96 Å². The molecule has 2 aliphatic carbocycles. The van der Waals surface area contributed by atoms with Crippen LogP contribution in [0.5, 0.6) is 0 Å². The Morgan fingerprint density at radius 1 is 0.950 bits per heavy atom. The summed E-state index contributed by atoms with van der Waals surface area (Å²) in [6.45, 7) is 0. The zero-order valence-corrected chi connectivity index (χ0v) is 16.6. The molecule has 2 bridgehead atoms. The molecule has 0 unspecified atom stereocenters. The van der Waals surface area contributed by atoms with Crippen LogP contribution in [0.3, 0.4) is 0 Å². The molecule has 0 spiro atoms. The molecule has 0 aromatic rings. The molecule has 2 fully saturated rings. The number of cyclic esters (lactones) is 2. The fraction of sp³-hybridized carbons (Fsp3) is 0.636. The summed E-state index contributed by atoms with van der Waals surface area (Å²) < 4.78 is 15.3. The summed E-state index contributed by atoms with van der Waals surface area (Å²) >= 11 is 14.1. The van der Waals surface area contributed by atoms with E-state index in [2.05, 4.69) is 63.7 Å². The number of halogens is 4. The summed E-state index contributed by atoms with van der Waals surface area (Å²) in [4.78, 5) is 24.2. The Bertz CT molecular complexity index is 527. The van der Waals surface area contributed by atoms with E-state index in [9.17, 15) is 9.59 Å². The van der Waals surface area contributed by atoms with Gasteiger partial charge in [0, 0.05) is 23.2 Å². The fourth-order valence-electron chi connectivity index (χ4n) is 3.52. The molecule has 3 aliphatic rings. The first-order chi connectivity index (χ1) is 9.24. The summed E-state index contributed by atoms with van der Waals surface area (Å²) in [7, 11) is 2.94. The summed E-state index contributed by atoms with van der Waals surface area (Å²) in [6.07, 6.45) is 0. The highest BCUT2D eigenvalue weighted by Gasteiger charge is 2.88. The van der Waals surface area contributed by atoms with Gasteiger partial charge >= 0.3 is 11.9 Å². The topological polar surface area (TPSA) is 61.8 Å². The fourth-order valence-corrected chi connectivity index (χ4v) is 8.53. The maximum absolute atomic E-state index is 12.1. The maximum Gasteiger partial charge on any atom is 0.319 e. The van der Waals surface area contributed by atoms with Crippen LogP contribution in [0.2, 0.25) is 0 Å². The van der Waals surface area contributed by atoms with E-state index in [4.69, 9.17) is 14.2 Å². The number of methoxy groups -OCH3 is 2. The molecule has 3 rings (SSSR count). The summed E-state index contributed by atoms with van der Waals surface area (Å²) in [6, 6.07) is 0. The Labute approximate surface area is 148 Å². The average Bonchev–Trinajstić information content (AvgIpc) is 2.85. The molecule has 5 nitrogen and oxygen atoms in total. The second kappa shape index (κ2) is 4.38. The van der Waals surface area contributed by atoms with Gasteiger partial charge < -0.3 is 14.2 Å². The second-order valence-corrected chi connectivity index (χ2v) is 8.86. The van der Waals surface area contributed by atoms with Gasteiger partial charge in [-0.3, -0.25) is 9.59 Å². The predicted molar refractivity (Wildman–Crippen MR) is 83.0 cm³/mol. The molecule has 9 heteroatoms. The Hall–Kier alpha value is 0.720. The number of hydrogen-bond acceptors (Lipinski definition) is 5. The molecule has 0 N–H and O–H groups in total. The van der Waals surface area contributed by atoms with Crippen LogP contribution in [0.4, 0.5) is 0 Å². The number of fused-ring (bicyclic) bond motifs is 5. The van der Waals surface area contributed by atoms with Crippen LogP contribution in [-0.2, 0) is 23.8 Å². The van der Waals surface area contributed by atoms with E-state index in [0.29, 0.717) is 8.96 Å². The van der Waals surface area contributed by atoms with Crippen molar-refractivity contribution in [2.24, 2.45) is 11.8 Å². The summed E-state index contributed by atoms with van der Waals surface area (Å²) in [5.74, 6) is -3.94. The minimum absolute atomic E-state index is 0.589. The van der Waals surface area contributed by atoms with E-state index in [1.807, 2.05) is 0 Å². The van der Waals surface area contributed by atoms with E-state index in [-0.39, 0.29) is 0 Å². The first kappa shape index (κ1) is 15.6. The lowest BCUT2D eigenvalue weighted by Crippen LogP contribution is -2.58. The van der Waals surface area contributed by atoms with Crippen molar-refractivity contribution in [1.29, 1.82) is 0 Å². The third kappa shape index (κ3) is 1.24. The molecule has 1 saturated carbocycles. The van der Waals surface area contributed by atoms with Crippen LogP contribution in [0.15, 0.2) is 8.96 Å². The molecule has 0 amide bonds. The van der Waals surface area contributed by atoms with Gasteiger partial charge in [-0.15, -0.1) is 0 Å². The molecular formula is C11H8Br4O5. The maximum atomic E-state index is 12.1. The van der Waals surface area contributed by atoms with Crippen molar-refractivity contribution < 1.29 is 23.8 Å². The normalized spacial score (nSPS) is 45.1. The van der Waals surface area contributed by atoms with E-state index >= 15 is 0 Å². The van der Waals surface area contributed by atoms with Gasteiger partial charge in [-0.2, -0.15) is 0 Å². The third-order valence-electron chi connectivity index (χ3n) is 4.26. The van der Waals surface area contributed by atoms with Crippen LogP contribution in [0.25, 0.3) is 0 Å². The smallest absolute Gasteiger partial charge is 0.319 e. The molecular weight excluding hydrogens is 532 g/mol. The Morgan fingerprint density at radius 3 is 1.60 bits per heavy atom. The lowest BCUT2D eigenvalue weighted by molar-refractivity contribution is -0.218. The average molecular weight is 540 g/mol. The van der Waals surface area contributed by atoms with E-state index in [1.54, 1.807) is 0 Å². The van der Waals surface area contributed by atoms with Crippen LogP contribution in [0, 0.1) is 11.8 Å². The van der Waals surface area contributed by atoms with Gasteiger partial charge in [-0.05, 0) is 0 Å². The number of ether oxygens (including phenoxy) is 3. The van der Waals surface area contributed by atoms with Crippen molar-refractivity contribution in [2.75, 3.05) is 14.2 Å². The van der Waals surface area contributed by atoms with E-state index in [0.717, 1.165) is 0 Å². The number of rotatable bonds is 2. The standard InChI is InChI=1S/C11H8Br4O5/c1-18-11(19-2)9(14)3-4(8(17)20-7(3)16)10(11,15)6(13)5(9)12/h3-4H,1-2H3/t3-,4+,9+,10-. The zero-order chi connectivity index (χ0) is 15.1. The summed E-state index contributed by atoms with van der Waals surface area (Å²) in [5, 5.41) is 0. The quantitative estimate of drug-likeness (QED) is 0.234. The molecule has 0 radical (unpaired) electrons. The monoisotopic (exact) mass is 536 g/mol. The van der Waals surface area contributed by atoms with Gasteiger partial charge in [-0.1, -0.05) is 63.7 Å². The molecule has 0 aromatic heterocycles. The summed E-state index contributed by atoms with van der Waals surface area (Å²) in [5.41, 5.74) is 0. The SMILES string of the molecule is COC1(OC)[C@@]2(Br)C(Br)=C(Br)[C@]1(Br)[C@@H]1C(=O)OC(=O)[C@@H]12. The highest BCUT2D eigenvalue weighted by Crippen LogP contribution is 2.77. The van der Waals surface area contributed by atoms with Crippen molar-refractivity contribution in [2.45, 2.75) is 14.4 Å². The molecule has 1 heterocycles. The Kier molecular flexibility index (Phi) is 3.42. The lowest BCUT2D eigenvalue weighted by atomic mass is 9.85. The molecule has 4 atom stereocenters. The number of carbonyl (C=O) groups is 2. The van der Waals surface area contributed by atoms with Gasteiger partial charge in [0.2, 0.25) is 5.79 Å². The minimum atomic E-state index is -1.28. The number of carbonyl (C=O) groups excluding carboxylic acids is 2. The van der Waals surface area contributed by atoms with Gasteiger partial charge in [0.15, 0.2) is 0 Å². The van der Waals surface area contributed by atoms with Gasteiger partial charge in [0.05, 0.1) is 11.8 Å². The molecule has 0 aromatic carbocycles. The predicted octanol–water partition coefficient (Wildman–Crippen LogP) is 2.59. The van der Waals surface area contributed by atoms with Crippen molar-refractivity contribution in [3.8, 4) is 0 Å². The van der Waals surface area contributed by atoms with E-state index < -0.39 is 38.2 Å². The van der Waals surface area contributed by atoms with Crippen molar-refractivity contribution >= 4 is 75.7 Å². The minimum Gasteiger partial charge on any atom is -0.393 e. The van der Waals surface area contributed by atoms with Crippen LogP contribution >= 0.6 is 63.7 Å². The molecule has 110 valence electrons. The number of esters is 2. The van der Waals surface area contributed by atoms with Gasteiger partial charge in [0.25, 0.3) is 0 Å². The number of alkyl halides is 2. The first-order valence-corrected chi connectivity index (χ1v) is 8.71. The van der Waals surface area contributed by atoms with Gasteiger partial charge in [-0.25, -0.2) is 0 Å². The Balaban J connectivity index is 2.37. The highest BCUT2D eigenvalue weighted by molar-refractivity contribution is 9.16. The van der Waals surface area contributed by atoms with Crippen molar-refractivity contribution in [3.63, 3.8) is 0 Å². The molecule has 20 heavy (non-hydrogen) atoms.